The number of esters is 1. The molecule has 3 rings (SSSR count). The molecule has 0 radical (unpaired) electrons. The highest BCUT2D eigenvalue weighted by atomic mass is 16.5. The highest BCUT2D eigenvalue weighted by Gasteiger charge is 2.29. The van der Waals surface area contributed by atoms with E-state index >= 15 is 0 Å². The van der Waals surface area contributed by atoms with Crippen molar-refractivity contribution in [2.75, 3.05) is 14.2 Å². The van der Waals surface area contributed by atoms with E-state index in [0.29, 0.717) is 17.7 Å². The predicted octanol–water partition coefficient (Wildman–Crippen LogP) is 1.91. The number of carbonyl (C=O) groups is 3. The molecule has 2 atom stereocenters. The van der Waals surface area contributed by atoms with E-state index in [9.17, 15) is 19.2 Å². The van der Waals surface area contributed by atoms with Gasteiger partial charge < -0.3 is 30.1 Å². The Kier molecular flexibility index (Phi) is 8.30. The van der Waals surface area contributed by atoms with Gasteiger partial charge in [-0.1, -0.05) is 26.0 Å². The van der Waals surface area contributed by atoms with E-state index in [1.807, 2.05) is 19.9 Å². The Hall–Kier alpha value is -4.08. The first-order chi connectivity index (χ1) is 16.7. The van der Waals surface area contributed by atoms with E-state index in [1.54, 1.807) is 37.4 Å². The van der Waals surface area contributed by atoms with Crippen LogP contribution in [0.2, 0.25) is 0 Å². The maximum Gasteiger partial charge on any atom is 0.328 e. The summed E-state index contributed by atoms with van der Waals surface area (Å²) in [7, 11) is 2.75. The quantitative estimate of drug-likeness (QED) is 0.325. The van der Waals surface area contributed by atoms with Crippen molar-refractivity contribution in [3.8, 4) is 5.75 Å². The van der Waals surface area contributed by atoms with Crippen molar-refractivity contribution in [1.82, 2.24) is 20.6 Å². The van der Waals surface area contributed by atoms with Crippen LogP contribution in [-0.2, 0) is 20.7 Å². The number of aromatic nitrogens is 2. The largest absolute Gasteiger partial charge is 0.496 e. The third-order valence-electron chi connectivity index (χ3n) is 5.54. The van der Waals surface area contributed by atoms with Crippen LogP contribution in [0.15, 0.2) is 47.4 Å². The van der Waals surface area contributed by atoms with Crippen molar-refractivity contribution in [2.45, 2.75) is 38.8 Å². The first kappa shape index (κ1) is 25.5. The zero-order chi connectivity index (χ0) is 25.5. The van der Waals surface area contributed by atoms with Crippen LogP contribution in [0.5, 0.6) is 5.75 Å². The van der Waals surface area contributed by atoms with Crippen molar-refractivity contribution < 1.29 is 23.9 Å². The molecule has 0 saturated heterocycles. The summed E-state index contributed by atoms with van der Waals surface area (Å²) in [6, 6.07) is 8.25. The maximum atomic E-state index is 13.2. The molecule has 10 heteroatoms. The summed E-state index contributed by atoms with van der Waals surface area (Å²) in [5, 5.41) is 6.14. The Morgan fingerprint density at radius 3 is 2.46 bits per heavy atom. The maximum absolute atomic E-state index is 13.2. The minimum absolute atomic E-state index is 0.0568. The van der Waals surface area contributed by atoms with Gasteiger partial charge in [0.2, 0.25) is 5.91 Å². The van der Waals surface area contributed by atoms with Crippen LogP contribution in [0.25, 0.3) is 10.9 Å². The van der Waals surface area contributed by atoms with Gasteiger partial charge in [-0.05, 0) is 36.6 Å². The van der Waals surface area contributed by atoms with Gasteiger partial charge in [-0.3, -0.25) is 14.4 Å². The summed E-state index contributed by atoms with van der Waals surface area (Å²) in [6.07, 6.45) is 1.76. The number of methoxy groups -OCH3 is 2. The van der Waals surface area contributed by atoms with E-state index in [-0.39, 0.29) is 23.6 Å². The molecule has 186 valence electrons. The Labute approximate surface area is 202 Å². The lowest BCUT2D eigenvalue weighted by atomic mass is 10.0. The molecule has 2 heterocycles. The SMILES string of the molecule is COC(=O)C(Cc1ccc[nH]c1=O)NC(=O)C(CC(C)C)NC(=O)c1cc2c(OC)cccc2[nH]1. The molecule has 10 nitrogen and oxygen atoms in total. The summed E-state index contributed by atoms with van der Waals surface area (Å²) in [5.74, 6) is -1.03. The van der Waals surface area contributed by atoms with Crippen molar-refractivity contribution in [3.05, 3.63) is 64.2 Å². The fourth-order valence-corrected chi connectivity index (χ4v) is 3.81. The summed E-state index contributed by atoms with van der Waals surface area (Å²) in [4.78, 5) is 56.2. The molecule has 2 aromatic heterocycles. The third-order valence-corrected chi connectivity index (χ3v) is 5.54. The van der Waals surface area contributed by atoms with Gasteiger partial charge in [-0.2, -0.15) is 0 Å². The monoisotopic (exact) mass is 482 g/mol. The Balaban J connectivity index is 1.80. The number of amides is 2. The first-order valence-corrected chi connectivity index (χ1v) is 11.2. The smallest absolute Gasteiger partial charge is 0.328 e. The fourth-order valence-electron chi connectivity index (χ4n) is 3.81. The molecular weight excluding hydrogens is 452 g/mol. The number of carbonyl (C=O) groups excluding carboxylic acids is 3. The highest BCUT2D eigenvalue weighted by Crippen LogP contribution is 2.26. The second kappa shape index (κ2) is 11.4. The summed E-state index contributed by atoms with van der Waals surface area (Å²) in [5.41, 5.74) is 0.946. The molecule has 0 aliphatic heterocycles. The van der Waals surface area contributed by atoms with E-state index in [4.69, 9.17) is 9.47 Å². The Morgan fingerprint density at radius 1 is 1.03 bits per heavy atom. The van der Waals surface area contributed by atoms with Gasteiger partial charge in [-0.25, -0.2) is 4.79 Å². The van der Waals surface area contributed by atoms with Gasteiger partial charge in [-0.15, -0.1) is 0 Å². The van der Waals surface area contributed by atoms with Crippen LogP contribution in [0, 0.1) is 5.92 Å². The third kappa shape index (κ3) is 6.28. The number of fused-ring (bicyclic) bond motifs is 1. The van der Waals surface area contributed by atoms with Crippen LogP contribution in [0.1, 0.15) is 36.3 Å². The molecule has 0 aliphatic carbocycles. The fraction of sp³-hybridized carbons (Fsp3) is 0.360. The molecule has 4 N–H and O–H groups in total. The van der Waals surface area contributed by atoms with Gasteiger partial charge in [0.25, 0.3) is 11.5 Å². The molecule has 0 saturated carbocycles. The zero-order valence-corrected chi connectivity index (χ0v) is 20.1. The van der Waals surface area contributed by atoms with Gasteiger partial charge in [0, 0.05) is 29.1 Å². The molecule has 0 fully saturated rings. The average Bonchev–Trinajstić information content (AvgIpc) is 3.28. The molecule has 2 unspecified atom stereocenters. The van der Waals surface area contributed by atoms with Crippen LogP contribution < -0.4 is 20.9 Å². The van der Waals surface area contributed by atoms with Gasteiger partial charge in [0.1, 0.15) is 23.5 Å². The molecule has 0 bridgehead atoms. The van der Waals surface area contributed by atoms with Crippen molar-refractivity contribution in [1.29, 1.82) is 0 Å². The average molecular weight is 483 g/mol. The predicted molar refractivity (Wildman–Crippen MR) is 130 cm³/mol. The number of H-pyrrole nitrogens is 2. The summed E-state index contributed by atoms with van der Waals surface area (Å²) >= 11 is 0. The number of pyridine rings is 1. The van der Waals surface area contributed by atoms with Crippen LogP contribution >= 0.6 is 0 Å². The minimum atomic E-state index is -1.10. The summed E-state index contributed by atoms with van der Waals surface area (Å²) < 4.78 is 10.2. The summed E-state index contributed by atoms with van der Waals surface area (Å²) in [6.45, 7) is 3.84. The number of hydrogen-bond acceptors (Lipinski definition) is 6. The lowest BCUT2D eigenvalue weighted by Gasteiger charge is -2.23. The van der Waals surface area contributed by atoms with Crippen LogP contribution in [0.3, 0.4) is 0 Å². The lowest BCUT2D eigenvalue weighted by Crippen LogP contribution is -2.53. The standard InChI is InChI=1S/C25H30N4O6/c1-14(2)11-18(28-24(32)19-13-16-17(27-19)8-5-9-21(16)34-3)23(31)29-20(25(33)35-4)12-15-7-6-10-26-22(15)30/h5-10,13-14,18,20,27H,11-12H2,1-4H3,(H,26,30)(H,28,32)(H,29,31). The lowest BCUT2D eigenvalue weighted by molar-refractivity contribution is -0.145. The second-order valence-corrected chi connectivity index (χ2v) is 8.57. The van der Waals surface area contributed by atoms with Crippen molar-refractivity contribution >= 4 is 28.7 Å². The zero-order valence-electron chi connectivity index (χ0n) is 20.1. The first-order valence-electron chi connectivity index (χ1n) is 11.2. The molecule has 3 aromatic rings. The number of ether oxygens (including phenoxy) is 2. The molecular formula is C25H30N4O6. The highest BCUT2D eigenvalue weighted by molar-refractivity contribution is 6.01. The van der Waals surface area contributed by atoms with E-state index in [0.717, 1.165) is 10.9 Å². The van der Waals surface area contributed by atoms with E-state index in [1.165, 1.54) is 13.3 Å². The van der Waals surface area contributed by atoms with Crippen molar-refractivity contribution in [3.63, 3.8) is 0 Å². The molecule has 0 aliphatic rings. The number of rotatable bonds is 10. The number of aromatic amines is 2. The van der Waals surface area contributed by atoms with Gasteiger partial charge >= 0.3 is 5.97 Å². The topological polar surface area (TPSA) is 142 Å². The van der Waals surface area contributed by atoms with Gasteiger partial charge in [0.05, 0.1) is 14.2 Å². The van der Waals surface area contributed by atoms with E-state index in [2.05, 4.69) is 20.6 Å². The Bertz CT molecular complexity index is 1260. The number of hydrogen-bond donors (Lipinski definition) is 4. The second-order valence-electron chi connectivity index (χ2n) is 8.57. The molecule has 0 spiro atoms. The van der Waals surface area contributed by atoms with Crippen LogP contribution in [0.4, 0.5) is 0 Å². The van der Waals surface area contributed by atoms with Crippen molar-refractivity contribution in [2.24, 2.45) is 5.92 Å². The van der Waals surface area contributed by atoms with E-state index < -0.39 is 29.9 Å². The molecule has 35 heavy (non-hydrogen) atoms. The number of nitrogens with one attached hydrogen (secondary N) is 4. The minimum Gasteiger partial charge on any atom is -0.496 e. The number of benzene rings is 1. The Morgan fingerprint density at radius 2 is 1.80 bits per heavy atom. The van der Waals surface area contributed by atoms with Gasteiger partial charge in [0.15, 0.2) is 0 Å². The normalized spacial score (nSPS) is 12.7. The molecule has 2 amide bonds. The van der Waals surface area contributed by atoms with Crippen LogP contribution in [-0.4, -0.2) is 54.1 Å². The molecule has 1 aromatic carbocycles.